The zero-order chi connectivity index (χ0) is 43.6. The Morgan fingerprint density at radius 3 is 1.30 bits per heavy atom. The van der Waals surface area contributed by atoms with Gasteiger partial charge >= 0.3 is 0 Å². The highest BCUT2D eigenvalue weighted by atomic mass is 79.9. The molecule has 0 bridgehead atoms. The van der Waals surface area contributed by atoms with Crippen molar-refractivity contribution >= 4 is 139 Å². The van der Waals surface area contributed by atoms with Crippen LogP contribution in [0.3, 0.4) is 0 Å². The van der Waals surface area contributed by atoms with Gasteiger partial charge in [-0.2, -0.15) is 0 Å². The molecule has 4 aliphatic rings. The second-order valence-corrected chi connectivity index (χ2v) is 24.1. The van der Waals surface area contributed by atoms with Crippen LogP contribution in [0.25, 0.3) is 54.6 Å². The van der Waals surface area contributed by atoms with E-state index in [0.717, 1.165) is 31.9 Å². The van der Waals surface area contributed by atoms with Gasteiger partial charge in [0.1, 0.15) is 23.0 Å². The Balaban J connectivity index is 1.23. The fraction of sp³-hybridized carbons (Fsp3) is 0.0169. The molecule has 0 atom stereocenters. The third-order valence-corrected chi connectivity index (χ3v) is 21.0. The van der Waals surface area contributed by atoms with E-state index < -0.39 is 8.07 Å². The van der Waals surface area contributed by atoms with Crippen molar-refractivity contribution in [3.8, 4) is 45.3 Å². The van der Waals surface area contributed by atoms with Gasteiger partial charge < -0.3 is 9.47 Å². The molecule has 11 aromatic carbocycles. The van der Waals surface area contributed by atoms with Crippen LogP contribution in [0.1, 0.15) is 5.56 Å². The number of fused-ring (bicyclic) bond motifs is 8. The molecule has 2 nitrogen and oxygen atoms in total. The average molecular weight is 984 g/mol. The lowest BCUT2D eigenvalue weighted by atomic mass is 9.32. The molecule has 0 fully saturated rings. The molecule has 0 radical (unpaired) electrons. The number of para-hydroxylation sites is 2. The maximum Gasteiger partial charge on any atom is 0.252 e. The minimum absolute atomic E-state index is 0.00885. The van der Waals surface area contributed by atoms with Crippen LogP contribution in [0.4, 0.5) is 0 Å². The molecule has 0 saturated carbocycles. The molecule has 0 unspecified atom stereocenters. The summed E-state index contributed by atoms with van der Waals surface area (Å²) < 4.78 is 15.8. The number of halogens is 2. The van der Waals surface area contributed by atoms with E-state index in [4.69, 9.17) is 9.47 Å². The van der Waals surface area contributed by atoms with Gasteiger partial charge in [0.2, 0.25) is 0 Å². The van der Waals surface area contributed by atoms with Gasteiger partial charge in [0.25, 0.3) is 13.4 Å². The van der Waals surface area contributed by atoms with Crippen LogP contribution in [-0.4, -0.2) is 21.5 Å². The summed E-state index contributed by atoms with van der Waals surface area (Å²) in [6, 6.07) is 71.0. The van der Waals surface area contributed by atoms with E-state index in [0.29, 0.717) is 0 Å². The minimum atomic E-state index is -3.15. The molecule has 0 amide bonds. The fourth-order valence-electron chi connectivity index (χ4n) is 12.9. The summed E-state index contributed by atoms with van der Waals surface area (Å²) >= 11 is 7.95. The summed E-state index contributed by atoms with van der Waals surface area (Å²) in [4.78, 5) is 0. The summed E-state index contributed by atoms with van der Waals surface area (Å²) in [6.45, 7) is 2.29. The maximum atomic E-state index is 6.90. The monoisotopic (exact) mass is 982 g/mol. The van der Waals surface area contributed by atoms with Gasteiger partial charge in [0, 0.05) is 8.95 Å². The van der Waals surface area contributed by atoms with Crippen LogP contribution in [0.2, 0.25) is 0 Å². The van der Waals surface area contributed by atoms with Crippen LogP contribution in [0.5, 0.6) is 23.0 Å². The largest absolute Gasteiger partial charge is 0.458 e. The molecule has 0 spiro atoms. The normalized spacial score (nSPS) is 13.6. The number of ether oxygens (including phenoxy) is 2. The molecule has 4 heterocycles. The molecular weight excluding hydrogens is 950 g/mol. The molecule has 66 heavy (non-hydrogen) atoms. The van der Waals surface area contributed by atoms with Crippen molar-refractivity contribution in [3.05, 3.63) is 203 Å². The lowest BCUT2D eigenvalue weighted by Crippen LogP contribution is -2.75. The van der Waals surface area contributed by atoms with Crippen LogP contribution < -0.4 is 63.0 Å². The molecule has 0 N–H and O–H groups in total. The zero-order valence-electron chi connectivity index (χ0n) is 35.6. The first-order valence-corrected chi connectivity index (χ1v) is 26.3. The van der Waals surface area contributed by atoms with Crippen molar-refractivity contribution in [3.63, 3.8) is 0 Å². The molecule has 4 aliphatic heterocycles. The maximum absolute atomic E-state index is 6.90. The van der Waals surface area contributed by atoms with Crippen LogP contribution in [0, 0.1) is 6.92 Å². The number of rotatable bonds is 4. The zero-order valence-corrected chi connectivity index (χ0v) is 39.8. The highest BCUT2D eigenvalue weighted by molar-refractivity contribution is 9.10. The van der Waals surface area contributed by atoms with Crippen molar-refractivity contribution in [2.24, 2.45) is 0 Å². The molecule has 15 rings (SSSR count). The first-order chi connectivity index (χ1) is 32.5. The lowest BCUT2D eigenvalue weighted by molar-refractivity contribution is 0.487. The van der Waals surface area contributed by atoms with Crippen molar-refractivity contribution in [2.75, 3.05) is 0 Å². The van der Waals surface area contributed by atoms with E-state index in [1.165, 1.54) is 114 Å². The standard InChI is InChI=1S/C59H34B2Br2O2Si/c1-33-25-40-42-26-34(62)28-51-58(42)61(46-22-12-14-24-50(46)64-51)48-31-44-53(66(36-15-5-2-6-16-36,37-17-7-3-8-18-37)38-19-9-4-10-20-38)32-41-43-27-35(63)29-52-59(43)60(45-21-11-13-23-49(45)65-52)47-30-39(33)56(54(40)48)57(44)55(41)47/h2-32H,1H3. The molecular formula is C59H34B2Br2O2Si. The first-order valence-electron chi connectivity index (χ1n) is 22.7. The van der Waals surface area contributed by atoms with Crippen molar-refractivity contribution in [2.45, 2.75) is 6.92 Å². The average Bonchev–Trinajstić information content (AvgIpc) is 3.35. The number of hydrogen-bond donors (Lipinski definition) is 0. The molecule has 11 aromatic rings. The lowest BCUT2D eigenvalue weighted by Gasteiger charge is -2.40. The van der Waals surface area contributed by atoms with Gasteiger partial charge in [-0.15, -0.1) is 0 Å². The van der Waals surface area contributed by atoms with Gasteiger partial charge in [-0.3, -0.25) is 0 Å². The van der Waals surface area contributed by atoms with Crippen LogP contribution >= 0.6 is 31.9 Å². The van der Waals surface area contributed by atoms with Crippen LogP contribution in [0.15, 0.2) is 197 Å². The number of aryl methyl sites for hydroxylation is 1. The Hall–Kier alpha value is -6.63. The Morgan fingerprint density at radius 1 is 0.379 bits per heavy atom. The van der Waals surface area contributed by atoms with Crippen molar-refractivity contribution < 1.29 is 9.47 Å². The summed E-state index contributed by atoms with van der Waals surface area (Å²) in [5.74, 6) is 3.67. The minimum Gasteiger partial charge on any atom is -0.458 e. The predicted molar refractivity (Wildman–Crippen MR) is 287 cm³/mol. The molecule has 0 saturated heterocycles. The Morgan fingerprint density at radius 2 is 0.803 bits per heavy atom. The smallest absolute Gasteiger partial charge is 0.252 e. The van der Waals surface area contributed by atoms with E-state index in [9.17, 15) is 0 Å². The van der Waals surface area contributed by atoms with E-state index in [2.05, 4.69) is 227 Å². The second kappa shape index (κ2) is 13.5. The molecule has 0 aromatic heterocycles. The fourth-order valence-corrected chi connectivity index (χ4v) is 18.7. The van der Waals surface area contributed by atoms with Gasteiger partial charge in [0.15, 0.2) is 8.07 Å². The van der Waals surface area contributed by atoms with Crippen molar-refractivity contribution in [1.82, 2.24) is 0 Å². The third-order valence-electron chi connectivity index (χ3n) is 15.3. The van der Waals surface area contributed by atoms with Gasteiger partial charge in [-0.05, 0) is 146 Å². The SMILES string of the molecule is Cc1cc2c3c(cc4c([Si](c5ccccc5)(c5ccccc5)c5ccccc5)cc5c6c(cc1c3c46)B1c3ccccc3Oc3cc(Br)cc-5c31)B1c3ccccc3Oc3cc(Br)cc-2c31. The van der Waals surface area contributed by atoms with E-state index in [1.807, 2.05) is 0 Å². The topological polar surface area (TPSA) is 18.5 Å². The first kappa shape index (κ1) is 37.6. The Bertz CT molecular complexity index is 3840. The van der Waals surface area contributed by atoms with Gasteiger partial charge in [-0.1, -0.05) is 194 Å². The molecule has 0 aliphatic carbocycles. The van der Waals surface area contributed by atoms with Gasteiger partial charge in [0.05, 0.1) is 0 Å². The molecule has 7 heteroatoms. The number of benzene rings is 11. The Kier molecular flexibility index (Phi) is 7.67. The highest BCUT2D eigenvalue weighted by Gasteiger charge is 2.48. The summed E-state index contributed by atoms with van der Waals surface area (Å²) in [6.07, 6.45) is 0. The summed E-state index contributed by atoms with van der Waals surface area (Å²) in [5.41, 5.74) is 13.8. The van der Waals surface area contributed by atoms with Crippen LogP contribution in [-0.2, 0) is 0 Å². The Labute approximate surface area is 400 Å². The second-order valence-electron chi connectivity index (χ2n) is 18.5. The third kappa shape index (κ3) is 4.78. The van der Waals surface area contributed by atoms with E-state index in [1.54, 1.807) is 0 Å². The van der Waals surface area contributed by atoms with Crippen molar-refractivity contribution in [1.29, 1.82) is 0 Å². The molecule has 306 valence electrons. The van der Waals surface area contributed by atoms with E-state index in [-0.39, 0.29) is 13.4 Å². The summed E-state index contributed by atoms with van der Waals surface area (Å²) in [5, 5.41) is 13.5. The predicted octanol–water partition coefficient (Wildman–Crippen LogP) is 9.00. The highest BCUT2D eigenvalue weighted by Crippen LogP contribution is 2.48. The van der Waals surface area contributed by atoms with Gasteiger partial charge in [-0.25, -0.2) is 0 Å². The quantitative estimate of drug-likeness (QED) is 0.0997. The number of hydrogen-bond acceptors (Lipinski definition) is 2. The van der Waals surface area contributed by atoms with E-state index >= 15 is 0 Å². The summed E-state index contributed by atoms with van der Waals surface area (Å²) in [7, 11) is -3.15.